The van der Waals surface area contributed by atoms with Gasteiger partial charge in [0.2, 0.25) is 5.91 Å². The Morgan fingerprint density at radius 2 is 2.00 bits per heavy atom. The molecule has 0 aliphatic carbocycles. The zero-order valence-electron chi connectivity index (χ0n) is 17.4. The number of amides is 2. The van der Waals surface area contributed by atoms with Crippen LogP contribution in [0.3, 0.4) is 0 Å². The lowest BCUT2D eigenvalue weighted by molar-refractivity contribution is -0.114. The van der Waals surface area contributed by atoms with Gasteiger partial charge in [0.1, 0.15) is 10.8 Å². The Hall–Kier alpha value is -3.13. The Morgan fingerprint density at radius 1 is 1.20 bits per heavy atom. The van der Waals surface area contributed by atoms with Crippen LogP contribution >= 0.6 is 11.8 Å². The van der Waals surface area contributed by atoms with Gasteiger partial charge in [0.15, 0.2) is 0 Å². The molecule has 2 aromatic heterocycles. The van der Waals surface area contributed by atoms with Gasteiger partial charge >= 0.3 is 0 Å². The van der Waals surface area contributed by atoms with Crippen LogP contribution in [-0.4, -0.2) is 22.0 Å². The highest BCUT2D eigenvalue weighted by atomic mass is 32.2. The Balaban J connectivity index is 1.72. The van der Waals surface area contributed by atoms with Crippen molar-refractivity contribution in [3.8, 4) is 0 Å². The SMILES string of the molecule is CC(=O)Nc1cccc([C@@H](C)NC(=O)c2cccnc2SCc2c(C)noc2C)c1. The van der Waals surface area contributed by atoms with Gasteiger partial charge in [0.25, 0.3) is 5.91 Å². The highest BCUT2D eigenvalue weighted by Crippen LogP contribution is 2.27. The summed E-state index contributed by atoms with van der Waals surface area (Å²) in [6.45, 7) is 7.13. The third-order valence-corrected chi connectivity index (χ3v) is 5.64. The minimum Gasteiger partial charge on any atom is -0.361 e. The smallest absolute Gasteiger partial charge is 0.254 e. The quantitative estimate of drug-likeness (QED) is 0.545. The molecule has 2 N–H and O–H groups in total. The number of hydrogen-bond donors (Lipinski definition) is 2. The Labute approximate surface area is 179 Å². The van der Waals surface area contributed by atoms with Crippen LogP contribution in [0.1, 0.15) is 52.8 Å². The molecule has 0 bridgehead atoms. The summed E-state index contributed by atoms with van der Waals surface area (Å²) in [7, 11) is 0. The largest absolute Gasteiger partial charge is 0.361 e. The monoisotopic (exact) mass is 424 g/mol. The minimum absolute atomic E-state index is 0.140. The maximum absolute atomic E-state index is 12.9. The van der Waals surface area contributed by atoms with Crippen molar-refractivity contribution in [1.82, 2.24) is 15.5 Å². The second-order valence-electron chi connectivity index (χ2n) is 6.95. The fourth-order valence-electron chi connectivity index (χ4n) is 2.97. The molecule has 1 atom stereocenters. The van der Waals surface area contributed by atoms with Crippen molar-refractivity contribution in [3.05, 3.63) is 70.7 Å². The molecule has 0 aliphatic heterocycles. The molecule has 0 radical (unpaired) electrons. The van der Waals surface area contributed by atoms with Gasteiger partial charge in [0, 0.05) is 30.1 Å². The topological polar surface area (TPSA) is 97.1 Å². The van der Waals surface area contributed by atoms with E-state index in [9.17, 15) is 9.59 Å². The number of carbonyl (C=O) groups is 2. The third kappa shape index (κ3) is 5.27. The number of hydrogen-bond acceptors (Lipinski definition) is 6. The average molecular weight is 425 g/mol. The van der Waals surface area contributed by atoms with Crippen molar-refractivity contribution in [3.63, 3.8) is 0 Å². The fraction of sp³-hybridized carbons (Fsp3) is 0.273. The number of pyridine rings is 1. The first-order valence-corrected chi connectivity index (χ1v) is 10.5. The molecule has 0 saturated heterocycles. The fourth-order valence-corrected chi connectivity index (χ4v) is 4.12. The predicted molar refractivity (Wildman–Crippen MR) is 116 cm³/mol. The van der Waals surface area contributed by atoms with Crippen LogP contribution in [0.25, 0.3) is 0 Å². The molecule has 30 heavy (non-hydrogen) atoms. The number of benzene rings is 1. The van der Waals surface area contributed by atoms with Gasteiger partial charge in [-0.25, -0.2) is 4.98 Å². The standard InChI is InChI=1S/C22H24N4O3S/c1-13(17-7-5-8-18(11-17)25-16(4)27)24-21(28)19-9-6-10-23-22(19)30-12-20-14(2)26-29-15(20)3/h5-11,13H,12H2,1-4H3,(H,24,28)(H,25,27)/t13-/m1/s1. The van der Waals surface area contributed by atoms with Crippen LogP contribution in [0.4, 0.5) is 5.69 Å². The number of thioether (sulfide) groups is 1. The second-order valence-corrected chi connectivity index (χ2v) is 7.91. The molecule has 2 amide bonds. The van der Waals surface area contributed by atoms with Crippen LogP contribution in [0, 0.1) is 13.8 Å². The van der Waals surface area contributed by atoms with Crippen LogP contribution < -0.4 is 10.6 Å². The maximum atomic E-state index is 12.9. The number of nitrogens with one attached hydrogen (secondary N) is 2. The first-order chi connectivity index (χ1) is 14.3. The van der Waals surface area contributed by atoms with E-state index in [-0.39, 0.29) is 17.9 Å². The lowest BCUT2D eigenvalue weighted by Crippen LogP contribution is -2.27. The molecule has 0 aliphatic rings. The van der Waals surface area contributed by atoms with E-state index in [1.54, 1.807) is 18.3 Å². The summed E-state index contributed by atoms with van der Waals surface area (Å²) in [5.41, 5.74) is 3.95. The second kappa shape index (κ2) is 9.58. The molecule has 0 spiro atoms. The van der Waals surface area contributed by atoms with Gasteiger partial charge in [-0.15, -0.1) is 11.8 Å². The average Bonchev–Trinajstić information content (AvgIpc) is 3.03. The summed E-state index contributed by atoms with van der Waals surface area (Å²) in [4.78, 5) is 28.6. The number of anilines is 1. The lowest BCUT2D eigenvalue weighted by Gasteiger charge is -2.16. The molecule has 7 nitrogen and oxygen atoms in total. The summed E-state index contributed by atoms with van der Waals surface area (Å²) in [6, 6.07) is 10.7. The molecule has 2 heterocycles. The van der Waals surface area contributed by atoms with Crippen LogP contribution in [-0.2, 0) is 10.5 Å². The van der Waals surface area contributed by atoms with Crippen molar-refractivity contribution < 1.29 is 14.1 Å². The molecule has 1 aromatic carbocycles. The molecule has 156 valence electrons. The van der Waals surface area contributed by atoms with Crippen LogP contribution in [0.5, 0.6) is 0 Å². The first kappa shape index (κ1) is 21.6. The summed E-state index contributed by atoms with van der Waals surface area (Å²) in [5, 5.41) is 10.4. The van der Waals surface area contributed by atoms with Crippen molar-refractivity contribution in [2.75, 3.05) is 5.32 Å². The normalized spacial score (nSPS) is 11.7. The van der Waals surface area contributed by atoms with E-state index in [4.69, 9.17) is 4.52 Å². The van der Waals surface area contributed by atoms with E-state index in [1.165, 1.54) is 18.7 Å². The third-order valence-electron chi connectivity index (χ3n) is 4.60. The van der Waals surface area contributed by atoms with Gasteiger partial charge in [-0.2, -0.15) is 0 Å². The van der Waals surface area contributed by atoms with Crippen molar-refractivity contribution in [2.24, 2.45) is 0 Å². The van der Waals surface area contributed by atoms with Crippen molar-refractivity contribution in [1.29, 1.82) is 0 Å². The Bertz CT molecular complexity index is 1040. The molecule has 8 heteroatoms. The van der Waals surface area contributed by atoms with Gasteiger partial charge in [-0.1, -0.05) is 17.3 Å². The molecule has 3 rings (SSSR count). The highest BCUT2D eigenvalue weighted by Gasteiger charge is 2.18. The molecule has 3 aromatic rings. The van der Waals surface area contributed by atoms with Crippen LogP contribution in [0.15, 0.2) is 52.1 Å². The van der Waals surface area contributed by atoms with Gasteiger partial charge in [0.05, 0.1) is 17.3 Å². The van der Waals surface area contributed by atoms with E-state index in [2.05, 4.69) is 20.8 Å². The van der Waals surface area contributed by atoms with Gasteiger partial charge in [-0.05, 0) is 50.6 Å². The van der Waals surface area contributed by atoms with E-state index >= 15 is 0 Å². The van der Waals surface area contributed by atoms with E-state index in [1.807, 2.05) is 45.0 Å². The Kier molecular flexibility index (Phi) is 6.89. The van der Waals surface area contributed by atoms with E-state index in [0.29, 0.717) is 22.0 Å². The Morgan fingerprint density at radius 3 is 2.70 bits per heavy atom. The van der Waals surface area contributed by atoms with Crippen LogP contribution in [0.2, 0.25) is 0 Å². The summed E-state index contributed by atoms with van der Waals surface area (Å²) < 4.78 is 5.21. The molecular formula is C22H24N4O3S. The zero-order chi connectivity index (χ0) is 21.7. The number of aromatic nitrogens is 2. The van der Waals surface area contributed by atoms with Crippen molar-refractivity contribution >= 4 is 29.3 Å². The summed E-state index contributed by atoms with van der Waals surface area (Å²) in [5.74, 6) is 1.04. The predicted octanol–water partition coefficient (Wildman–Crippen LogP) is 4.43. The first-order valence-electron chi connectivity index (χ1n) is 9.53. The zero-order valence-corrected chi connectivity index (χ0v) is 18.2. The number of aryl methyl sites for hydroxylation is 2. The number of carbonyl (C=O) groups excluding carboxylic acids is 2. The summed E-state index contributed by atoms with van der Waals surface area (Å²) >= 11 is 1.47. The molecule has 0 saturated carbocycles. The van der Waals surface area contributed by atoms with E-state index in [0.717, 1.165) is 22.6 Å². The molecule has 0 unspecified atom stereocenters. The van der Waals surface area contributed by atoms with Gasteiger partial charge < -0.3 is 15.2 Å². The molecular weight excluding hydrogens is 400 g/mol. The lowest BCUT2D eigenvalue weighted by atomic mass is 10.1. The minimum atomic E-state index is -0.244. The summed E-state index contributed by atoms with van der Waals surface area (Å²) in [6.07, 6.45) is 1.67. The molecule has 0 fully saturated rings. The number of rotatable bonds is 7. The maximum Gasteiger partial charge on any atom is 0.254 e. The van der Waals surface area contributed by atoms with E-state index < -0.39 is 0 Å². The number of nitrogens with zero attached hydrogens (tertiary/aromatic N) is 2. The highest BCUT2D eigenvalue weighted by molar-refractivity contribution is 7.98. The van der Waals surface area contributed by atoms with Crippen molar-refractivity contribution in [2.45, 2.75) is 44.5 Å². The van der Waals surface area contributed by atoms with Gasteiger partial charge in [-0.3, -0.25) is 9.59 Å².